The minimum Gasteiger partial charge on any atom is -0.463 e. The topological polar surface area (TPSA) is 112 Å². The van der Waals surface area contributed by atoms with Crippen molar-refractivity contribution in [3.63, 3.8) is 0 Å². The number of rotatable bonds is 5. The van der Waals surface area contributed by atoms with Crippen molar-refractivity contribution >= 4 is 30.2 Å². The predicted molar refractivity (Wildman–Crippen MR) is 112 cm³/mol. The Morgan fingerprint density at radius 3 is 2.78 bits per heavy atom. The van der Waals surface area contributed by atoms with Gasteiger partial charge in [0.1, 0.15) is 11.5 Å². The third kappa shape index (κ3) is 4.57. The molecular weight excluding hydrogens is 447 g/mol. The highest BCUT2D eigenvalue weighted by Crippen LogP contribution is 2.45. The first-order valence-corrected chi connectivity index (χ1v) is 9.57. The molecule has 1 amide bonds. The smallest absolute Gasteiger partial charge is 0.310 e. The Labute approximate surface area is 186 Å². The van der Waals surface area contributed by atoms with Crippen LogP contribution in [0.25, 0.3) is 0 Å². The number of hydrogen-bond donors (Lipinski definition) is 3. The molecule has 168 valence electrons. The number of aromatic nitrogens is 2. The molecule has 2 heterocycles. The maximum absolute atomic E-state index is 14.7. The molecular formula is C20H18F3N5O3S. The number of carbonyl (C=O) groups excluding carboxylic acids is 1. The molecule has 0 spiro atoms. The lowest BCUT2D eigenvalue weighted by atomic mass is 9.85. The number of amides is 1. The van der Waals surface area contributed by atoms with Crippen molar-refractivity contribution in [2.45, 2.75) is 30.2 Å². The Bertz CT molecular complexity index is 1130. The Morgan fingerprint density at radius 1 is 1.38 bits per heavy atom. The van der Waals surface area contributed by atoms with Gasteiger partial charge in [-0.25, -0.2) is 19.4 Å². The number of nitrogens with two attached hydrogens (primary N) is 1. The first kappa shape index (κ1) is 23.2. The third-order valence-corrected chi connectivity index (χ3v) is 5.01. The van der Waals surface area contributed by atoms with Crippen LogP contribution < -0.4 is 15.8 Å². The van der Waals surface area contributed by atoms with E-state index in [-0.39, 0.29) is 28.8 Å². The SMILES string of the molecule is CC#CCOc1cnc(C(=O)Nc2cc([C@@]3(C)N=C(N)OCC3(F)F)c(F)cc2S)cn1. The molecule has 8 nitrogen and oxygen atoms in total. The summed E-state index contributed by atoms with van der Waals surface area (Å²) in [6.07, 6.45) is 2.39. The number of anilines is 1. The fourth-order valence-corrected chi connectivity index (χ4v) is 3.04. The normalized spacial score (nSPS) is 19.1. The van der Waals surface area contributed by atoms with Crippen molar-refractivity contribution < 1.29 is 27.4 Å². The fraction of sp³-hybridized carbons (Fsp3) is 0.300. The van der Waals surface area contributed by atoms with Crippen molar-refractivity contribution in [2.75, 3.05) is 18.5 Å². The van der Waals surface area contributed by atoms with Crippen molar-refractivity contribution in [1.82, 2.24) is 9.97 Å². The number of carbonyl (C=O) groups is 1. The molecule has 0 bridgehead atoms. The average Bonchev–Trinajstić information content (AvgIpc) is 2.73. The van der Waals surface area contributed by atoms with Crippen LogP contribution in [0.15, 0.2) is 34.4 Å². The molecule has 1 aromatic carbocycles. The van der Waals surface area contributed by atoms with E-state index in [0.29, 0.717) is 0 Å². The lowest BCUT2D eigenvalue weighted by molar-refractivity contribution is -0.117. The molecule has 2 aromatic rings. The monoisotopic (exact) mass is 465 g/mol. The number of benzene rings is 1. The maximum Gasteiger partial charge on any atom is 0.310 e. The quantitative estimate of drug-likeness (QED) is 0.463. The number of ether oxygens (including phenoxy) is 2. The van der Waals surface area contributed by atoms with Gasteiger partial charge < -0.3 is 20.5 Å². The van der Waals surface area contributed by atoms with Gasteiger partial charge in [-0.15, -0.1) is 18.5 Å². The first-order chi connectivity index (χ1) is 15.1. The second-order valence-electron chi connectivity index (χ2n) is 6.77. The minimum atomic E-state index is -3.57. The summed E-state index contributed by atoms with van der Waals surface area (Å²) in [6, 6.07) is 1.43. The summed E-state index contributed by atoms with van der Waals surface area (Å²) in [5, 5.41) is 2.46. The largest absolute Gasteiger partial charge is 0.463 e. The summed E-state index contributed by atoms with van der Waals surface area (Å²) in [4.78, 5) is 24.1. The number of aliphatic imine (C=N–C) groups is 1. The van der Waals surface area contributed by atoms with E-state index in [2.05, 4.69) is 49.5 Å². The van der Waals surface area contributed by atoms with Crippen molar-refractivity contribution in [3.8, 4) is 17.7 Å². The second kappa shape index (κ2) is 8.96. The summed E-state index contributed by atoms with van der Waals surface area (Å²) >= 11 is 4.12. The summed E-state index contributed by atoms with van der Waals surface area (Å²) in [5.41, 5.74) is 2.47. The standard InChI is InChI=1S/C20H18F3N5O3S/c1-3-4-5-30-16-9-25-14(8-26-16)17(29)27-13-6-11(12(21)7-15(13)32)19(2)20(22,23)10-31-18(24)28-19/h6-9,32H,5,10H2,1-2H3,(H2,24,28)(H,27,29)/t19-/m1/s1. The number of alkyl halides is 2. The van der Waals surface area contributed by atoms with E-state index >= 15 is 0 Å². The summed E-state index contributed by atoms with van der Waals surface area (Å²) < 4.78 is 53.7. The number of thiol groups is 1. The Balaban J connectivity index is 1.88. The van der Waals surface area contributed by atoms with Gasteiger partial charge in [-0.05, 0) is 26.0 Å². The Hall–Kier alpha value is -3.46. The molecule has 1 aromatic heterocycles. The van der Waals surface area contributed by atoms with Crippen LogP contribution in [0.4, 0.5) is 18.9 Å². The molecule has 0 unspecified atom stereocenters. The van der Waals surface area contributed by atoms with Crippen LogP contribution in [0.1, 0.15) is 29.9 Å². The molecule has 0 radical (unpaired) electrons. The molecule has 0 saturated carbocycles. The minimum absolute atomic E-state index is 0.00146. The highest BCUT2D eigenvalue weighted by atomic mass is 32.1. The zero-order valence-corrected chi connectivity index (χ0v) is 17.8. The van der Waals surface area contributed by atoms with E-state index in [1.807, 2.05) is 0 Å². The molecule has 1 atom stereocenters. The number of amidine groups is 1. The van der Waals surface area contributed by atoms with Gasteiger partial charge in [0.05, 0.1) is 18.1 Å². The highest BCUT2D eigenvalue weighted by molar-refractivity contribution is 7.80. The molecule has 0 saturated heterocycles. The Morgan fingerprint density at radius 2 is 2.12 bits per heavy atom. The van der Waals surface area contributed by atoms with E-state index in [4.69, 9.17) is 10.5 Å². The van der Waals surface area contributed by atoms with Crippen LogP contribution in [-0.2, 0) is 10.3 Å². The molecule has 3 rings (SSSR count). The van der Waals surface area contributed by atoms with Crippen molar-refractivity contribution in [3.05, 3.63) is 41.6 Å². The predicted octanol–water partition coefficient (Wildman–Crippen LogP) is 2.75. The fourth-order valence-electron chi connectivity index (χ4n) is 2.81. The zero-order chi connectivity index (χ0) is 23.5. The lowest BCUT2D eigenvalue weighted by Crippen LogP contribution is -2.51. The van der Waals surface area contributed by atoms with Crippen LogP contribution >= 0.6 is 12.6 Å². The number of nitrogens with zero attached hydrogens (tertiary/aromatic N) is 3. The number of nitrogens with one attached hydrogen (secondary N) is 1. The third-order valence-electron chi connectivity index (χ3n) is 4.64. The molecule has 1 aliphatic heterocycles. The van der Waals surface area contributed by atoms with Gasteiger partial charge in [0.15, 0.2) is 18.8 Å². The van der Waals surface area contributed by atoms with Gasteiger partial charge in [0, 0.05) is 10.5 Å². The van der Waals surface area contributed by atoms with E-state index in [1.54, 1.807) is 6.92 Å². The summed E-state index contributed by atoms with van der Waals surface area (Å²) in [7, 11) is 0. The van der Waals surface area contributed by atoms with Gasteiger partial charge in [-0.1, -0.05) is 5.92 Å². The van der Waals surface area contributed by atoms with Gasteiger partial charge >= 0.3 is 5.92 Å². The van der Waals surface area contributed by atoms with E-state index in [9.17, 15) is 18.0 Å². The van der Waals surface area contributed by atoms with Crippen LogP contribution in [0, 0.1) is 17.7 Å². The number of hydrogen-bond acceptors (Lipinski definition) is 8. The van der Waals surface area contributed by atoms with Gasteiger partial charge in [0.2, 0.25) is 5.88 Å². The van der Waals surface area contributed by atoms with Crippen LogP contribution in [0.5, 0.6) is 5.88 Å². The van der Waals surface area contributed by atoms with Crippen molar-refractivity contribution in [2.24, 2.45) is 10.7 Å². The van der Waals surface area contributed by atoms with Crippen molar-refractivity contribution in [1.29, 1.82) is 0 Å². The molecule has 0 fully saturated rings. The maximum atomic E-state index is 14.7. The average molecular weight is 465 g/mol. The van der Waals surface area contributed by atoms with Gasteiger partial charge in [0.25, 0.3) is 11.9 Å². The summed E-state index contributed by atoms with van der Waals surface area (Å²) in [5.74, 6) is 0.208. The molecule has 3 N–H and O–H groups in total. The molecule has 32 heavy (non-hydrogen) atoms. The summed E-state index contributed by atoms with van der Waals surface area (Å²) in [6.45, 7) is 1.72. The highest BCUT2D eigenvalue weighted by Gasteiger charge is 2.56. The molecule has 1 aliphatic rings. The molecule has 12 heteroatoms. The van der Waals surface area contributed by atoms with Gasteiger partial charge in [-0.3, -0.25) is 4.79 Å². The molecule has 0 aliphatic carbocycles. The zero-order valence-electron chi connectivity index (χ0n) is 16.9. The van der Waals surface area contributed by atoms with E-state index in [1.165, 1.54) is 6.20 Å². The van der Waals surface area contributed by atoms with E-state index in [0.717, 1.165) is 25.3 Å². The number of halogens is 3. The first-order valence-electron chi connectivity index (χ1n) is 9.12. The van der Waals surface area contributed by atoms with Crippen LogP contribution in [0.3, 0.4) is 0 Å². The van der Waals surface area contributed by atoms with Crippen LogP contribution in [0.2, 0.25) is 0 Å². The van der Waals surface area contributed by atoms with Gasteiger partial charge in [-0.2, -0.15) is 8.78 Å². The lowest BCUT2D eigenvalue weighted by Gasteiger charge is -2.37. The van der Waals surface area contributed by atoms with Crippen LogP contribution in [-0.4, -0.2) is 41.0 Å². The second-order valence-corrected chi connectivity index (χ2v) is 7.26. The Kier molecular flexibility index (Phi) is 6.50. The van der Waals surface area contributed by atoms with E-state index < -0.39 is 41.4 Å².